The third-order valence-corrected chi connectivity index (χ3v) is 6.07. The number of nitrogens with one attached hydrogen (secondary N) is 1. The van der Waals surface area contributed by atoms with Crippen LogP contribution in [0.3, 0.4) is 0 Å². The van der Waals surface area contributed by atoms with E-state index in [4.69, 9.17) is 0 Å². The minimum atomic E-state index is -3.19. The molecule has 3 heterocycles. The molecular formula is C14H23N5O3S. The van der Waals surface area contributed by atoms with Gasteiger partial charge in [0.1, 0.15) is 5.54 Å². The molecule has 2 fully saturated rings. The van der Waals surface area contributed by atoms with Crippen molar-refractivity contribution in [2.75, 3.05) is 45.5 Å². The summed E-state index contributed by atoms with van der Waals surface area (Å²) in [5.41, 5.74) is -0.651. The lowest BCUT2D eigenvalue weighted by molar-refractivity contribution is -0.144. The molecule has 0 unspecified atom stereocenters. The van der Waals surface area contributed by atoms with Crippen LogP contribution in [0.1, 0.15) is 12.8 Å². The van der Waals surface area contributed by atoms with Crippen molar-refractivity contribution in [3.05, 3.63) is 18.5 Å². The molecule has 0 aliphatic carbocycles. The number of hydrogen-bond acceptors (Lipinski definition) is 5. The number of sulfonamides is 1. The van der Waals surface area contributed by atoms with E-state index in [1.54, 1.807) is 15.8 Å². The summed E-state index contributed by atoms with van der Waals surface area (Å²) in [5.74, 6) is 0.0517. The van der Waals surface area contributed by atoms with Crippen molar-refractivity contribution in [2.45, 2.75) is 18.4 Å². The van der Waals surface area contributed by atoms with Gasteiger partial charge in [-0.25, -0.2) is 8.42 Å². The molecule has 23 heavy (non-hydrogen) atoms. The fourth-order valence-electron chi connectivity index (χ4n) is 3.42. The maximum atomic E-state index is 13.2. The second-order valence-corrected chi connectivity index (χ2v) is 8.17. The fraction of sp³-hybridized carbons (Fsp3) is 0.714. The molecule has 0 saturated carbocycles. The first-order valence-electron chi connectivity index (χ1n) is 7.89. The van der Waals surface area contributed by atoms with Crippen molar-refractivity contribution in [1.82, 2.24) is 24.3 Å². The Balaban J connectivity index is 1.78. The predicted molar refractivity (Wildman–Crippen MR) is 85.3 cm³/mol. The summed E-state index contributed by atoms with van der Waals surface area (Å²) in [7, 11) is -3.19. The van der Waals surface area contributed by atoms with Crippen molar-refractivity contribution in [1.29, 1.82) is 0 Å². The number of piperidine rings is 1. The molecule has 2 saturated heterocycles. The van der Waals surface area contributed by atoms with Gasteiger partial charge in [0, 0.05) is 38.6 Å². The van der Waals surface area contributed by atoms with Gasteiger partial charge in [-0.05, 0) is 32.0 Å². The molecule has 3 rings (SSSR count). The highest BCUT2D eigenvalue weighted by atomic mass is 32.2. The number of hydrogen-bond donors (Lipinski definition) is 1. The summed E-state index contributed by atoms with van der Waals surface area (Å²) >= 11 is 0. The molecule has 2 aliphatic heterocycles. The van der Waals surface area contributed by atoms with Crippen LogP contribution in [0.5, 0.6) is 0 Å². The second kappa shape index (κ2) is 6.21. The highest BCUT2D eigenvalue weighted by molar-refractivity contribution is 7.88. The van der Waals surface area contributed by atoms with Crippen LogP contribution in [-0.2, 0) is 20.4 Å². The fourth-order valence-corrected chi connectivity index (χ4v) is 4.25. The number of rotatable bonds is 3. The number of amides is 1. The van der Waals surface area contributed by atoms with E-state index in [1.807, 2.05) is 12.3 Å². The normalized spacial score (nSPS) is 22.9. The smallest absolute Gasteiger partial charge is 0.250 e. The van der Waals surface area contributed by atoms with E-state index in [0.29, 0.717) is 39.0 Å². The van der Waals surface area contributed by atoms with E-state index in [2.05, 4.69) is 10.4 Å². The van der Waals surface area contributed by atoms with E-state index in [9.17, 15) is 13.2 Å². The SMILES string of the molecule is CS(=O)(=O)N1CCN(C(=O)C2(n3cccn3)CCNCC2)CC1. The molecule has 0 atom stereocenters. The topological polar surface area (TPSA) is 87.5 Å². The van der Waals surface area contributed by atoms with E-state index >= 15 is 0 Å². The number of piperazine rings is 1. The van der Waals surface area contributed by atoms with Crippen LogP contribution in [0.15, 0.2) is 18.5 Å². The van der Waals surface area contributed by atoms with E-state index in [1.165, 1.54) is 10.6 Å². The van der Waals surface area contributed by atoms with Crippen LogP contribution in [-0.4, -0.2) is 78.8 Å². The van der Waals surface area contributed by atoms with Gasteiger partial charge in [0.05, 0.1) is 6.26 Å². The molecule has 0 spiro atoms. The Morgan fingerprint density at radius 3 is 2.35 bits per heavy atom. The summed E-state index contributed by atoms with van der Waals surface area (Å²) in [5, 5.41) is 7.60. The molecular weight excluding hydrogens is 318 g/mol. The molecule has 0 radical (unpaired) electrons. The molecule has 0 bridgehead atoms. The molecule has 8 nitrogen and oxygen atoms in total. The zero-order valence-corrected chi connectivity index (χ0v) is 14.1. The Morgan fingerprint density at radius 2 is 1.83 bits per heavy atom. The first-order chi connectivity index (χ1) is 10.9. The van der Waals surface area contributed by atoms with Crippen LogP contribution in [0, 0.1) is 0 Å². The maximum absolute atomic E-state index is 13.2. The predicted octanol–water partition coefficient (Wildman–Crippen LogP) is -0.934. The Kier molecular flexibility index (Phi) is 4.43. The minimum absolute atomic E-state index is 0.0517. The van der Waals surface area contributed by atoms with Crippen LogP contribution in [0.25, 0.3) is 0 Å². The number of nitrogens with zero attached hydrogens (tertiary/aromatic N) is 4. The average Bonchev–Trinajstić information content (AvgIpc) is 3.09. The Labute approximate surface area is 136 Å². The summed E-state index contributed by atoms with van der Waals surface area (Å²) in [6, 6.07) is 1.83. The monoisotopic (exact) mass is 341 g/mol. The average molecular weight is 341 g/mol. The van der Waals surface area contributed by atoms with Crippen LogP contribution in [0.4, 0.5) is 0 Å². The standard InChI is InChI=1S/C14H23N5O3S/c1-23(21,22)18-11-9-17(10-12-18)13(20)14(3-6-15-7-4-14)19-8-2-5-16-19/h2,5,8,15H,3-4,6-7,9-12H2,1H3. The molecule has 1 aromatic rings. The Morgan fingerprint density at radius 1 is 1.17 bits per heavy atom. The van der Waals surface area contributed by atoms with Gasteiger partial charge in [0.25, 0.3) is 5.91 Å². The van der Waals surface area contributed by atoms with Gasteiger partial charge in [-0.15, -0.1) is 0 Å². The number of carbonyl (C=O) groups is 1. The lowest BCUT2D eigenvalue weighted by Crippen LogP contribution is -2.59. The van der Waals surface area contributed by atoms with Crippen LogP contribution >= 0.6 is 0 Å². The molecule has 1 aromatic heterocycles. The third kappa shape index (κ3) is 3.13. The molecule has 9 heteroatoms. The molecule has 128 valence electrons. The van der Waals surface area contributed by atoms with Crippen LogP contribution < -0.4 is 5.32 Å². The van der Waals surface area contributed by atoms with Gasteiger partial charge in [0.15, 0.2) is 0 Å². The third-order valence-electron chi connectivity index (χ3n) is 4.77. The molecule has 0 aromatic carbocycles. The summed E-state index contributed by atoms with van der Waals surface area (Å²) in [4.78, 5) is 15.0. The summed E-state index contributed by atoms with van der Waals surface area (Å²) in [6.07, 6.45) is 6.14. The summed E-state index contributed by atoms with van der Waals surface area (Å²) in [6.45, 7) is 3.13. The number of aromatic nitrogens is 2. The quantitative estimate of drug-likeness (QED) is 0.767. The Hall–Kier alpha value is -1.45. The first-order valence-corrected chi connectivity index (χ1v) is 9.74. The summed E-state index contributed by atoms with van der Waals surface area (Å²) < 4.78 is 26.4. The molecule has 1 amide bonds. The van der Waals surface area contributed by atoms with Crippen molar-refractivity contribution in [3.8, 4) is 0 Å². The van der Waals surface area contributed by atoms with Crippen molar-refractivity contribution >= 4 is 15.9 Å². The second-order valence-electron chi connectivity index (χ2n) is 6.19. The van der Waals surface area contributed by atoms with Gasteiger partial charge < -0.3 is 10.2 Å². The van der Waals surface area contributed by atoms with E-state index in [0.717, 1.165) is 13.1 Å². The van der Waals surface area contributed by atoms with Crippen LogP contribution in [0.2, 0.25) is 0 Å². The first kappa shape index (κ1) is 16.4. The lowest BCUT2D eigenvalue weighted by Gasteiger charge is -2.42. The van der Waals surface area contributed by atoms with E-state index < -0.39 is 15.6 Å². The largest absolute Gasteiger partial charge is 0.338 e. The zero-order valence-electron chi connectivity index (χ0n) is 13.3. The molecule has 1 N–H and O–H groups in total. The number of carbonyl (C=O) groups excluding carboxylic acids is 1. The van der Waals surface area contributed by atoms with Crippen molar-refractivity contribution in [3.63, 3.8) is 0 Å². The van der Waals surface area contributed by atoms with E-state index in [-0.39, 0.29) is 5.91 Å². The molecule has 2 aliphatic rings. The highest BCUT2D eigenvalue weighted by Crippen LogP contribution is 2.30. The van der Waals surface area contributed by atoms with Gasteiger partial charge >= 0.3 is 0 Å². The maximum Gasteiger partial charge on any atom is 0.250 e. The highest BCUT2D eigenvalue weighted by Gasteiger charge is 2.45. The Bertz CT molecular complexity index is 644. The lowest BCUT2D eigenvalue weighted by atomic mass is 9.86. The van der Waals surface area contributed by atoms with Crippen molar-refractivity contribution < 1.29 is 13.2 Å². The zero-order chi connectivity index (χ0) is 16.5. The minimum Gasteiger partial charge on any atom is -0.338 e. The van der Waals surface area contributed by atoms with Gasteiger partial charge in [-0.1, -0.05) is 0 Å². The van der Waals surface area contributed by atoms with Gasteiger partial charge in [-0.3, -0.25) is 9.48 Å². The van der Waals surface area contributed by atoms with Gasteiger partial charge in [0.2, 0.25) is 10.0 Å². The van der Waals surface area contributed by atoms with Gasteiger partial charge in [-0.2, -0.15) is 9.40 Å². The van der Waals surface area contributed by atoms with Crippen molar-refractivity contribution in [2.24, 2.45) is 0 Å².